The van der Waals surface area contributed by atoms with Gasteiger partial charge in [0.1, 0.15) is 0 Å². The average molecular weight is 494 g/mol. The first-order valence-electron chi connectivity index (χ1n) is 9.94. The Kier molecular flexibility index (Phi) is 6.86. The van der Waals surface area contributed by atoms with Crippen LogP contribution in [0.25, 0.3) is 10.6 Å². The van der Waals surface area contributed by atoms with Gasteiger partial charge in [-0.3, -0.25) is 4.79 Å². The number of nitrogens with zero attached hydrogens (tertiary/aromatic N) is 3. The number of anilines is 2. The summed E-state index contributed by atoms with van der Waals surface area (Å²) in [5, 5.41) is 9.16. The van der Waals surface area contributed by atoms with E-state index in [9.17, 15) is 13.2 Å². The van der Waals surface area contributed by atoms with Gasteiger partial charge in [0.05, 0.1) is 34.4 Å². The van der Waals surface area contributed by atoms with Crippen LogP contribution in [-0.2, 0) is 26.1 Å². The summed E-state index contributed by atoms with van der Waals surface area (Å²) in [4.78, 5) is 21.4. The van der Waals surface area contributed by atoms with Gasteiger partial charge >= 0.3 is 0 Å². The van der Waals surface area contributed by atoms with E-state index in [1.54, 1.807) is 18.2 Å². The fourth-order valence-electron chi connectivity index (χ4n) is 3.23. The van der Waals surface area contributed by atoms with Crippen LogP contribution in [0.4, 0.5) is 10.3 Å². The summed E-state index contributed by atoms with van der Waals surface area (Å²) in [6, 6.07) is 6.95. The van der Waals surface area contributed by atoms with E-state index in [0.717, 1.165) is 27.0 Å². The maximum absolute atomic E-state index is 12.9. The minimum absolute atomic E-state index is 0.163. The van der Waals surface area contributed by atoms with E-state index in [2.05, 4.69) is 20.6 Å². The predicted octanol–water partition coefficient (Wildman–Crippen LogP) is 3.17. The quantitative estimate of drug-likeness (QED) is 0.520. The molecule has 3 heterocycles. The summed E-state index contributed by atoms with van der Waals surface area (Å²) in [6.45, 7) is 5.34. The third kappa shape index (κ3) is 5.15. The van der Waals surface area contributed by atoms with Gasteiger partial charge in [0.15, 0.2) is 10.3 Å². The average Bonchev–Trinajstić information content (AvgIpc) is 3.39. The van der Waals surface area contributed by atoms with Crippen molar-refractivity contribution in [3.63, 3.8) is 0 Å². The number of hydrogen-bond donors (Lipinski definition) is 2. The molecule has 2 N–H and O–H groups in total. The monoisotopic (exact) mass is 493 g/mol. The summed E-state index contributed by atoms with van der Waals surface area (Å²) >= 11 is 2.84. The van der Waals surface area contributed by atoms with Crippen LogP contribution in [-0.4, -0.2) is 54.9 Å². The number of rotatable bonds is 7. The highest BCUT2D eigenvalue weighted by Gasteiger charge is 2.26. The summed E-state index contributed by atoms with van der Waals surface area (Å²) in [5.74, 6) is -0.163. The largest absolute Gasteiger partial charge is 0.379 e. The minimum Gasteiger partial charge on any atom is -0.379 e. The van der Waals surface area contributed by atoms with E-state index < -0.39 is 10.0 Å². The molecule has 1 saturated heterocycles. The van der Waals surface area contributed by atoms with Crippen LogP contribution in [0.15, 0.2) is 34.5 Å². The first kappa shape index (κ1) is 22.8. The lowest BCUT2D eigenvalue weighted by Crippen LogP contribution is -2.40. The van der Waals surface area contributed by atoms with Crippen LogP contribution in [0.1, 0.15) is 18.2 Å². The van der Waals surface area contributed by atoms with Gasteiger partial charge in [0, 0.05) is 31.9 Å². The van der Waals surface area contributed by atoms with Gasteiger partial charge in [-0.25, -0.2) is 18.4 Å². The molecule has 1 aromatic carbocycles. The van der Waals surface area contributed by atoms with Gasteiger partial charge in [-0.1, -0.05) is 23.5 Å². The number of thiazole rings is 2. The zero-order chi connectivity index (χ0) is 22.7. The SMILES string of the molecule is CC(=O)Nc1nc(C)c(-c2csc(NCc3cccc(S(=O)(=O)N4CCOCC4)c3)n2)s1. The molecule has 0 unspecified atom stereocenters. The molecule has 4 rings (SSSR count). The molecule has 0 aliphatic carbocycles. The Balaban J connectivity index is 1.44. The molecule has 0 bridgehead atoms. The Morgan fingerprint density at radius 2 is 2.00 bits per heavy atom. The number of amides is 1. The maximum atomic E-state index is 12.9. The first-order chi connectivity index (χ1) is 15.3. The fraction of sp³-hybridized carbons (Fsp3) is 0.350. The Bertz CT molecular complexity index is 1220. The highest BCUT2D eigenvalue weighted by Crippen LogP contribution is 2.34. The summed E-state index contributed by atoms with van der Waals surface area (Å²) in [6.07, 6.45) is 0. The summed E-state index contributed by atoms with van der Waals surface area (Å²) in [7, 11) is -3.53. The molecule has 9 nitrogen and oxygen atoms in total. The lowest BCUT2D eigenvalue weighted by molar-refractivity contribution is -0.114. The number of carbonyl (C=O) groups excluding carboxylic acids is 1. The Hall–Kier alpha value is -2.38. The number of aromatic nitrogens is 2. The Labute approximate surface area is 194 Å². The standard InChI is InChI=1S/C20H23N5O4S3/c1-13-18(31-20(22-13)23-14(2)26)17-12-30-19(24-17)21-11-15-4-3-5-16(10-15)32(27,28)25-6-8-29-9-7-25/h3-5,10,12H,6-9,11H2,1-2H3,(H,21,24)(H,22,23,26). The number of sulfonamides is 1. The number of morpholine rings is 1. The van der Waals surface area contributed by atoms with Gasteiger partial charge in [-0.2, -0.15) is 4.31 Å². The predicted molar refractivity (Wildman–Crippen MR) is 126 cm³/mol. The maximum Gasteiger partial charge on any atom is 0.243 e. The molecule has 0 radical (unpaired) electrons. The van der Waals surface area contributed by atoms with Crippen LogP contribution in [0, 0.1) is 6.92 Å². The number of aryl methyl sites for hydroxylation is 1. The van der Waals surface area contributed by atoms with Crippen molar-refractivity contribution in [3.05, 3.63) is 40.9 Å². The van der Waals surface area contributed by atoms with E-state index in [1.165, 1.54) is 33.9 Å². The van der Waals surface area contributed by atoms with E-state index in [-0.39, 0.29) is 10.8 Å². The smallest absolute Gasteiger partial charge is 0.243 e. The van der Waals surface area contributed by atoms with E-state index >= 15 is 0 Å². The number of nitrogens with one attached hydrogen (secondary N) is 2. The Morgan fingerprint density at radius 1 is 1.22 bits per heavy atom. The lowest BCUT2D eigenvalue weighted by atomic mass is 10.2. The van der Waals surface area contributed by atoms with Crippen molar-refractivity contribution in [2.45, 2.75) is 25.3 Å². The van der Waals surface area contributed by atoms with Gasteiger partial charge < -0.3 is 15.4 Å². The van der Waals surface area contributed by atoms with Crippen molar-refractivity contribution >= 4 is 48.9 Å². The topological polar surface area (TPSA) is 114 Å². The van der Waals surface area contributed by atoms with Crippen molar-refractivity contribution in [1.82, 2.24) is 14.3 Å². The van der Waals surface area contributed by atoms with Crippen molar-refractivity contribution < 1.29 is 17.9 Å². The molecule has 170 valence electrons. The molecule has 1 aliphatic heterocycles. The third-order valence-electron chi connectivity index (χ3n) is 4.77. The van der Waals surface area contributed by atoms with Gasteiger partial charge in [0.25, 0.3) is 0 Å². The molecule has 1 fully saturated rings. The van der Waals surface area contributed by atoms with E-state index in [4.69, 9.17) is 4.74 Å². The zero-order valence-electron chi connectivity index (χ0n) is 17.6. The number of hydrogen-bond acceptors (Lipinski definition) is 9. The van der Waals surface area contributed by atoms with E-state index in [0.29, 0.717) is 38.0 Å². The second kappa shape index (κ2) is 9.63. The molecular weight excluding hydrogens is 470 g/mol. The van der Waals surface area contributed by atoms with Crippen molar-refractivity contribution in [3.8, 4) is 10.6 Å². The van der Waals surface area contributed by atoms with Gasteiger partial charge in [-0.05, 0) is 24.6 Å². The van der Waals surface area contributed by atoms with Gasteiger partial charge in [-0.15, -0.1) is 11.3 Å². The van der Waals surface area contributed by atoms with Crippen LogP contribution < -0.4 is 10.6 Å². The molecule has 1 aliphatic rings. The lowest BCUT2D eigenvalue weighted by Gasteiger charge is -2.26. The summed E-state index contributed by atoms with van der Waals surface area (Å²) in [5.41, 5.74) is 2.43. The highest BCUT2D eigenvalue weighted by molar-refractivity contribution is 7.89. The van der Waals surface area contributed by atoms with Crippen LogP contribution in [0.2, 0.25) is 0 Å². The molecule has 32 heavy (non-hydrogen) atoms. The van der Waals surface area contributed by atoms with Gasteiger partial charge in [0.2, 0.25) is 15.9 Å². The fourth-order valence-corrected chi connectivity index (χ4v) is 6.45. The summed E-state index contributed by atoms with van der Waals surface area (Å²) < 4.78 is 32.5. The van der Waals surface area contributed by atoms with E-state index in [1.807, 2.05) is 18.4 Å². The third-order valence-corrected chi connectivity index (χ3v) is 8.56. The highest BCUT2D eigenvalue weighted by atomic mass is 32.2. The van der Waals surface area contributed by atoms with Crippen molar-refractivity contribution in [2.24, 2.45) is 0 Å². The molecule has 1 amide bonds. The first-order valence-corrected chi connectivity index (χ1v) is 13.1. The molecule has 2 aromatic heterocycles. The van der Waals surface area contributed by atoms with Crippen LogP contribution >= 0.6 is 22.7 Å². The minimum atomic E-state index is -3.53. The number of ether oxygens (including phenoxy) is 1. The van der Waals surface area contributed by atoms with Crippen molar-refractivity contribution in [2.75, 3.05) is 36.9 Å². The molecule has 0 saturated carbocycles. The zero-order valence-corrected chi connectivity index (χ0v) is 20.1. The molecule has 0 spiro atoms. The number of carbonyl (C=O) groups is 1. The van der Waals surface area contributed by atoms with Crippen molar-refractivity contribution in [1.29, 1.82) is 0 Å². The number of benzene rings is 1. The van der Waals surface area contributed by atoms with Crippen LogP contribution in [0.5, 0.6) is 0 Å². The van der Waals surface area contributed by atoms with Crippen LogP contribution in [0.3, 0.4) is 0 Å². The molecule has 0 atom stereocenters. The molecule has 12 heteroatoms. The molecular formula is C20H23N5O4S3. The molecule has 3 aromatic rings. The second-order valence-corrected chi connectivity index (χ2v) is 11.0. The second-order valence-electron chi connectivity index (χ2n) is 7.17. The normalized spacial score (nSPS) is 14.9. The Morgan fingerprint density at radius 3 is 2.75 bits per heavy atom.